The van der Waals surface area contributed by atoms with E-state index in [1.165, 1.54) is 34.9 Å². The molecule has 1 saturated heterocycles. The van der Waals surface area contributed by atoms with Crippen LogP contribution in [0.25, 0.3) is 11.1 Å². The molecule has 5 aromatic rings. The number of primary sulfonamides is 1. The van der Waals surface area contributed by atoms with Gasteiger partial charge >= 0.3 is 5.97 Å². The zero-order chi connectivity index (χ0) is 41.5. The Kier molecular flexibility index (Phi) is 13.1. The van der Waals surface area contributed by atoms with Gasteiger partial charge in [-0.3, -0.25) is 24.7 Å². The summed E-state index contributed by atoms with van der Waals surface area (Å²) in [7, 11) is -2.66. The van der Waals surface area contributed by atoms with Gasteiger partial charge in [0.25, 0.3) is 11.6 Å². The van der Waals surface area contributed by atoms with Crippen LogP contribution >= 0.6 is 11.8 Å². The maximum Gasteiger partial charge on any atom is 0.340 e. The first-order valence-electron chi connectivity index (χ1n) is 19.4. The Labute approximate surface area is 348 Å². The predicted molar refractivity (Wildman–Crippen MR) is 231 cm³/mol. The quantitative estimate of drug-likeness (QED) is 0.0709. The fourth-order valence-corrected chi connectivity index (χ4v) is 10.2. The smallest absolute Gasteiger partial charge is 0.340 e. The van der Waals surface area contributed by atoms with Gasteiger partial charge in [-0.1, -0.05) is 78.9 Å². The average Bonchev–Trinajstić information content (AvgIpc) is 3.27. The first kappa shape index (κ1) is 41.6. The van der Waals surface area contributed by atoms with Crippen LogP contribution in [0.15, 0.2) is 132 Å². The first-order chi connectivity index (χ1) is 28.5. The Morgan fingerprint density at radius 2 is 1.47 bits per heavy atom. The maximum absolute atomic E-state index is 15.1. The van der Waals surface area contributed by atoms with Gasteiger partial charge in [0, 0.05) is 68.0 Å². The van der Waals surface area contributed by atoms with Crippen LogP contribution in [-0.4, -0.2) is 98.6 Å². The fourth-order valence-electron chi connectivity index (χ4n) is 7.65. The maximum atomic E-state index is 15.1. The number of piperazine rings is 1. The van der Waals surface area contributed by atoms with E-state index in [4.69, 9.17) is 9.88 Å². The minimum Gasteiger partial charge on any atom is -0.461 e. The fraction of sp³-hybridized carbons (Fsp3) is 0.273. The van der Waals surface area contributed by atoms with E-state index in [1.807, 2.05) is 35.2 Å². The molecule has 306 valence electrons. The SMILES string of the molecule is CN1CCOC(=O)c2cccc([N+](=O)[O-])c2N(C(=O)c2ccc(N3CCN(Cc4ccccc4-c4ccccc4)CC3)cc2)[C@@H](C(Sc2ccccc2)S(N)(=O)=O)CC1. The number of para-hydroxylation sites is 1. The molecule has 2 N–H and O–H groups in total. The van der Waals surface area contributed by atoms with E-state index in [1.54, 1.807) is 49.5 Å². The monoisotopic (exact) mass is 834 g/mol. The normalized spacial score (nSPS) is 17.7. The van der Waals surface area contributed by atoms with Crippen LogP contribution in [0.5, 0.6) is 0 Å². The second-order valence-corrected chi connectivity index (χ2v) is 17.8. The molecule has 0 radical (unpaired) electrons. The number of nitro groups is 1. The molecule has 0 spiro atoms. The number of hydrogen-bond acceptors (Lipinski definition) is 11. The number of nitro benzene ring substituents is 1. The number of cyclic esters (lactones) is 1. The molecule has 2 aliphatic heterocycles. The molecule has 1 amide bonds. The highest BCUT2D eigenvalue weighted by Gasteiger charge is 2.43. The van der Waals surface area contributed by atoms with Crippen LogP contribution in [0, 0.1) is 10.1 Å². The number of esters is 1. The standard InChI is InChI=1S/C44H46N6O7S2/c1-46-24-23-40(44(59(45,55)56)58-36-14-6-3-7-15-36)49(41-38(43(52)57-30-29-46)17-10-18-39(41)50(53)54)42(51)33-19-21-35(22-20-33)48-27-25-47(26-28-48)31-34-13-8-9-16-37(34)32-11-4-2-5-12-32/h2-22,40,44H,23-31H2,1H3,(H2,45,55,56)/t40-,44?/m1/s1. The molecule has 59 heavy (non-hydrogen) atoms. The van der Waals surface area contributed by atoms with Crippen LogP contribution in [-0.2, 0) is 21.3 Å². The molecule has 2 heterocycles. The number of ether oxygens (including phenoxy) is 1. The number of benzene rings is 5. The van der Waals surface area contributed by atoms with Crippen LogP contribution in [0.2, 0.25) is 0 Å². The summed E-state index contributed by atoms with van der Waals surface area (Å²) in [6, 6.07) is 37.1. The molecule has 1 fully saturated rings. The van der Waals surface area contributed by atoms with Gasteiger partial charge in [0.1, 0.15) is 16.9 Å². The molecule has 7 rings (SSSR count). The van der Waals surface area contributed by atoms with Gasteiger partial charge < -0.3 is 14.5 Å². The number of nitrogens with two attached hydrogens (primary N) is 1. The summed E-state index contributed by atoms with van der Waals surface area (Å²) in [6.45, 7) is 4.47. The van der Waals surface area contributed by atoms with Crippen molar-refractivity contribution in [2.24, 2.45) is 5.14 Å². The second-order valence-electron chi connectivity index (χ2n) is 14.6. The molecule has 2 aliphatic rings. The van der Waals surface area contributed by atoms with Crippen molar-refractivity contribution in [3.05, 3.63) is 154 Å². The molecular formula is C44H46N6O7S2. The van der Waals surface area contributed by atoms with Gasteiger partial charge in [-0.25, -0.2) is 18.4 Å². The summed E-state index contributed by atoms with van der Waals surface area (Å²) in [5.41, 5.74) is 3.55. The number of carbonyl (C=O) groups is 2. The number of fused-ring (bicyclic) bond motifs is 1. The summed E-state index contributed by atoms with van der Waals surface area (Å²) in [4.78, 5) is 48.9. The number of hydrogen-bond donors (Lipinski definition) is 1. The molecule has 5 aromatic carbocycles. The van der Waals surface area contributed by atoms with E-state index >= 15 is 4.79 Å². The minimum atomic E-state index is -4.44. The Balaban J connectivity index is 1.21. The lowest BCUT2D eigenvalue weighted by Crippen LogP contribution is -2.52. The van der Waals surface area contributed by atoms with E-state index in [2.05, 4.69) is 46.2 Å². The Morgan fingerprint density at radius 1 is 0.831 bits per heavy atom. The van der Waals surface area contributed by atoms with Crippen molar-refractivity contribution in [3.8, 4) is 11.1 Å². The number of carbonyl (C=O) groups excluding carboxylic acids is 2. The van der Waals surface area contributed by atoms with E-state index in [0.29, 0.717) is 11.4 Å². The summed E-state index contributed by atoms with van der Waals surface area (Å²) in [5, 5.41) is 18.7. The van der Waals surface area contributed by atoms with Crippen molar-refractivity contribution >= 4 is 50.7 Å². The Morgan fingerprint density at radius 3 is 2.15 bits per heavy atom. The van der Waals surface area contributed by atoms with Crippen LogP contribution in [0.3, 0.4) is 0 Å². The van der Waals surface area contributed by atoms with Gasteiger partial charge in [0.05, 0.1) is 16.5 Å². The second kappa shape index (κ2) is 18.6. The van der Waals surface area contributed by atoms with Crippen molar-refractivity contribution in [3.63, 3.8) is 0 Å². The van der Waals surface area contributed by atoms with Crippen molar-refractivity contribution in [2.75, 3.05) is 62.7 Å². The minimum absolute atomic E-state index is 0.0236. The van der Waals surface area contributed by atoms with Crippen molar-refractivity contribution in [1.29, 1.82) is 0 Å². The zero-order valence-corrected chi connectivity index (χ0v) is 34.3. The van der Waals surface area contributed by atoms with E-state index < -0.39 is 43.1 Å². The number of amides is 1. The van der Waals surface area contributed by atoms with Crippen molar-refractivity contribution in [1.82, 2.24) is 9.80 Å². The molecule has 15 heteroatoms. The summed E-state index contributed by atoms with van der Waals surface area (Å²) in [5.74, 6) is -1.60. The third-order valence-electron chi connectivity index (χ3n) is 10.7. The molecule has 1 unspecified atom stereocenters. The topological polar surface area (TPSA) is 160 Å². The number of nitrogens with zero attached hydrogens (tertiary/aromatic N) is 5. The van der Waals surface area contributed by atoms with Gasteiger partial charge in [-0.2, -0.15) is 0 Å². The number of sulfonamides is 1. The Bertz CT molecular complexity index is 2380. The lowest BCUT2D eigenvalue weighted by atomic mass is 9.99. The number of anilines is 2. The van der Waals surface area contributed by atoms with Crippen LogP contribution in [0.1, 0.15) is 32.7 Å². The summed E-state index contributed by atoms with van der Waals surface area (Å²) in [6.07, 6.45) is 0.0427. The van der Waals surface area contributed by atoms with E-state index in [9.17, 15) is 23.3 Å². The summed E-state index contributed by atoms with van der Waals surface area (Å²) < 4.78 is 31.3. The molecule has 0 aliphatic carbocycles. The van der Waals surface area contributed by atoms with Gasteiger partial charge in [-0.15, -0.1) is 11.8 Å². The molecule has 0 bridgehead atoms. The van der Waals surface area contributed by atoms with Crippen LogP contribution < -0.4 is 14.9 Å². The molecule has 0 saturated carbocycles. The van der Waals surface area contributed by atoms with E-state index in [0.717, 1.165) is 55.1 Å². The van der Waals surface area contributed by atoms with Crippen molar-refractivity contribution < 1.29 is 27.7 Å². The van der Waals surface area contributed by atoms with Crippen LogP contribution in [0.4, 0.5) is 17.1 Å². The third kappa shape index (κ3) is 9.83. The number of likely N-dealkylation sites (N-methyl/N-ethyl adjacent to an activating group) is 1. The molecule has 2 atom stereocenters. The first-order valence-corrected chi connectivity index (χ1v) is 21.9. The highest BCUT2D eigenvalue weighted by atomic mass is 32.3. The third-order valence-corrected chi connectivity index (χ3v) is 13.9. The van der Waals surface area contributed by atoms with Gasteiger partial charge in [-0.05, 0) is 72.6 Å². The lowest BCUT2D eigenvalue weighted by Gasteiger charge is -2.37. The number of rotatable bonds is 10. The predicted octanol–water partition coefficient (Wildman–Crippen LogP) is 6.50. The van der Waals surface area contributed by atoms with Gasteiger partial charge in [0.15, 0.2) is 0 Å². The molecular weight excluding hydrogens is 789 g/mol. The molecule has 13 nitrogen and oxygen atoms in total. The average molecular weight is 835 g/mol. The highest BCUT2D eigenvalue weighted by Crippen LogP contribution is 2.41. The molecule has 0 aromatic heterocycles. The van der Waals surface area contributed by atoms with E-state index in [-0.39, 0.29) is 36.4 Å². The largest absolute Gasteiger partial charge is 0.461 e. The van der Waals surface area contributed by atoms with Gasteiger partial charge in [0.2, 0.25) is 10.0 Å². The number of thioether (sulfide) groups is 1. The highest BCUT2D eigenvalue weighted by molar-refractivity contribution is 8.12. The lowest BCUT2D eigenvalue weighted by molar-refractivity contribution is -0.384. The summed E-state index contributed by atoms with van der Waals surface area (Å²) >= 11 is 0.942. The Hall–Kier alpha value is -5.58. The van der Waals surface area contributed by atoms with Crippen molar-refractivity contribution in [2.45, 2.75) is 28.5 Å². The zero-order valence-electron chi connectivity index (χ0n) is 32.6.